The van der Waals surface area contributed by atoms with E-state index in [1.54, 1.807) is 35.1 Å². The molecule has 3 rings (SSSR count). The summed E-state index contributed by atoms with van der Waals surface area (Å²) in [6.07, 6.45) is 2.22. The number of primary amides is 1. The first kappa shape index (κ1) is 18.2. The highest BCUT2D eigenvalue weighted by molar-refractivity contribution is 6.05. The molecule has 7 heteroatoms. The molecule has 2 aromatic carbocycles. The summed E-state index contributed by atoms with van der Waals surface area (Å²) in [5, 5.41) is 9.72. The van der Waals surface area contributed by atoms with E-state index in [0.717, 1.165) is 16.9 Å². The Kier molecular flexibility index (Phi) is 5.21. The van der Waals surface area contributed by atoms with Crippen LogP contribution < -0.4 is 16.4 Å². The lowest BCUT2D eigenvalue weighted by atomic mass is 10.1. The van der Waals surface area contributed by atoms with Gasteiger partial charge in [-0.2, -0.15) is 5.10 Å². The number of urea groups is 1. The molecule has 3 amide bonds. The van der Waals surface area contributed by atoms with Crippen LogP contribution in [0.4, 0.5) is 16.2 Å². The minimum absolute atomic E-state index is 0.262. The molecule has 0 atom stereocenters. The lowest BCUT2D eigenvalue weighted by Gasteiger charge is -2.10. The van der Waals surface area contributed by atoms with Crippen molar-refractivity contribution in [1.29, 1.82) is 0 Å². The van der Waals surface area contributed by atoms with Gasteiger partial charge in [0.25, 0.3) is 5.91 Å². The minimum Gasteiger partial charge on any atom is -0.351 e. The van der Waals surface area contributed by atoms with Crippen molar-refractivity contribution in [2.24, 2.45) is 5.73 Å². The van der Waals surface area contributed by atoms with Crippen LogP contribution >= 0.6 is 0 Å². The fraction of sp³-hybridized carbons (Fsp3) is 0.150. The van der Waals surface area contributed by atoms with Gasteiger partial charge < -0.3 is 16.4 Å². The van der Waals surface area contributed by atoms with Gasteiger partial charge in [0, 0.05) is 11.4 Å². The molecule has 27 heavy (non-hydrogen) atoms. The van der Waals surface area contributed by atoms with Crippen LogP contribution in [0.1, 0.15) is 28.5 Å². The van der Waals surface area contributed by atoms with E-state index in [4.69, 9.17) is 5.73 Å². The van der Waals surface area contributed by atoms with Crippen molar-refractivity contribution in [3.63, 3.8) is 0 Å². The van der Waals surface area contributed by atoms with Crippen molar-refractivity contribution >= 4 is 23.3 Å². The maximum atomic E-state index is 12.8. The van der Waals surface area contributed by atoms with Crippen molar-refractivity contribution in [1.82, 2.24) is 9.78 Å². The number of hydrogen-bond acceptors (Lipinski definition) is 3. The Hall–Kier alpha value is -3.61. The molecule has 0 aliphatic rings. The molecule has 0 aliphatic carbocycles. The zero-order chi connectivity index (χ0) is 19.4. The molecule has 7 nitrogen and oxygen atoms in total. The van der Waals surface area contributed by atoms with E-state index in [2.05, 4.69) is 15.7 Å². The van der Waals surface area contributed by atoms with E-state index in [0.29, 0.717) is 23.4 Å². The van der Waals surface area contributed by atoms with Crippen molar-refractivity contribution in [2.75, 3.05) is 10.6 Å². The molecule has 0 aliphatic heterocycles. The summed E-state index contributed by atoms with van der Waals surface area (Å²) in [5.74, 6) is -0.262. The van der Waals surface area contributed by atoms with Crippen LogP contribution in [0.15, 0.2) is 54.7 Å². The van der Waals surface area contributed by atoms with Crippen molar-refractivity contribution in [3.8, 4) is 5.69 Å². The topological polar surface area (TPSA) is 102 Å². The Labute approximate surface area is 157 Å². The maximum Gasteiger partial charge on any atom is 0.316 e. The maximum absolute atomic E-state index is 12.8. The Morgan fingerprint density at radius 3 is 2.44 bits per heavy atom. The quantitative estimate of drug-likeness (QED) is 0.646. The molecule has 0 radical (unpaired) electrons. The summed E-state index contributed by atoms with van der Waals surface area (Å²) in [6, 6.07) is 14.1. The van der Waals surface area contributed by atoms with Gasteiger partial charge in [-0.3, -0.25) is 4.79 Å². The lowest BCUT2D eigenvalue weighted by Crippen LogP contribution is -2.19. The molecular formula is C20H21N5O2. The number of carbonyl (C=O) groups excluding carboxylic acids is 2. The minimum atomic E-state index is -0.661. The number of anilines is 2. The summed E-state index contributed by atoms with van der Waals surface area (Å²) in [7, 11) is 0. The van der Waals surface area contributed by atoms with E-state index >= 15 is 0 Å². The van der Waals surface area contributed by atoms with Crippen LogP contribution in [0.2, 0.25) is 0 Å². The summed E-state index contributed by atoms with van der Waals surface area (Å²) in [4.78, 5) is 23.7. The fourth-order valence-electron chi connectivity index (χ4n) is 2.90. The number of carbonyl (C=O) groups is 2. The second-order valence-corrected chi connectivity index (χ2v) is 6.13. The van der Waals surface area contributed by atoms with Crippen molar-refractivity contribution in [2.45, 2.75) is 20.3 Å². The van der Waals surface area contributed by atoms with Crippen LogP contribution in [-0.2, 0) is 6.42 Å². The number of hydrogen-bond donors (Lipinski definition) is 3. The molecule has 0 saturated heterocycles. The first-order chi connectivity index (χ1) is 13.0. The lowest BCUT2D eigenvalue weighted by molar-refractivity contribution is 0.102. The largest absolute Gasteiger partial charge is 0.351 e. The third-order valence-corrected chi connectivity index (χ3v) is 4.08. The third-order valence-electron chi connectivity index (χ3n) is 4.08. The first-order valence-corrected chi connectivity index (χ1v) is 8.59. The highest BCUT2D eigenvalue weighted by Gasteiger charge is 2.17. The Morgan fingerprint density at radius 2 is 1.78 bits per heavy atom. The molecule has 0 saturated carbocycles. The van der Waals surface area contributed by atoms with Gasteiger partial charge in [-0.1, -0.05) is 25.1 Å². The average molecular weight is 363 g/mol. The number of aromatic nitrogens is 2. The zero-order valence-corrected chi connectivity index (χ0v) is 15.2. The molecular weight excluding hydrogens is 342 g/mol. The molecule has 0 spiro atoms. The summed E-state index contributed by atoms with van der Waals surface area (Å²) in [5.41, 5.74) is 9.55. The highest BCUT2D eigenvalue weighted by Crippen LogP contribution is 2.20. The molecule has 1 heterocycles. The van der Waals surface area contributed by atoms with Gasteiger partial charge in [-0.25, -0.2) is 9.48 Å². The smallest absolute Gasteiger partial charge is 0.316 e. The zero-order valence-electron chi connectivity index (χ0n) is 15.2. The molecule has 4 N–H and O–H groups in total. The molecule has 0 fully saturated rings. The van der Waals surface area contributed by atoms with E-state index in [-0.39, 0.29) is 5.91 Å². The molecule has 0 bridgehead atoms. The summed E-state index contributed by atoms with van der Waals surface area (Å²) < 4.78 is 1.78. The van der Waals surface area contributed by atoms with Crippen LogP contribution in [-0.4, -0.2) is 21.7 Å². The van der Waals surface area contributed by atoms with Gasteiger partial charge in [0.05, 0.1) is 23.1 Å². The van der Waals surface area contributed by atoms with E-state index < -0.39 is 6.03 Å². The highest BCUT2D eigenvalue weighted by atomic mass is 16.2. The van der Waals surface area contributed by atoms with Gasteiger partial charge in [0.15, 0.2) is 0 Å². The summed E-state index contributed by atoms with van der Waals surface area (Å²) >= 11 is 0. The number of aryl methyl sites for hydroxylation is 1. The van der Waals surface area contributed by atoms with Crippen LogP contribution in [0.3, 0.4) is 0 Å². The average Bonchev–Trinajstić information content (AvgIpc) is 3.05. The van der Waals surface area contributed by atoms with Gasteiger partial charge in [0.1, 0.15) is 0 Å². The Balaban J connectivity index is 1.86. The number of amides is 3. The van der Waals surface area contributed by atoms with Crippen molar-refractivity contribution in [3.05, 3.63) is 71.5 Å². The van der Waals surface area contributed by atoms with Gasteiger partial charge in [0.2, 0.25) is 0 Å². The molecule has 138 valence electrons. The van der Waals surface area contributed by atoms with Gasteiger partial charge in [-0.05, 0) is 49.2 Å². The number of benzene rings is 2. The predicted octanol–water partition coefficient (Wildman–Crippen LogP) is 3.49. The number of nitrogens with zero attached hydrogens (tertiary/aromatic N) is 2. The van der Waals surface area contributed by atoms with E-state index in [9.17, 15) is 9.59 Å². The van der Waals surface area contributed by atoms with Crippen LogP contribution in [0.25, 0.3) is 5.69 Å². The normalized spacial score (nSPS) is 10.4. The number of nitrogens with one attached hydrogen (secondary N) is 2. The second kappa shape index (κ2) is 7.74. The Morgan fingerprint density at radius 1 is 1.07 bits per heavy atom. The fourth-order valence-corrected chi connectivity index (χ4v) is 2.90. The van der Waals surface area contributed by atoms with Crippen LogP contribution in [0.5, 0.6) is 0 Å². The summed E-state index contributed by atoms with van der Waals surface area (Å²) in [6.45, 7) is 4.00. The van der Waals surface area contributed by atoms with Crippen molar-refractivity contribution < 1.29 is 9.59 Å². The molecule has 1 aromatic heterocycles. The monoisotopic (exact) mass is 363 g/mol. The standard InChI is InChI=1S/C20H21N5O2/c1-3-18-17(12-22-25(18)16-9-4-6-13(2)10-16)19(26)23-14-7-5-8-15(11-14)24-20(21)27/h4-12H,3H2,1-2H3,(H,23,26)(H3,21,24,27). The first-order valence-electron chi connectivity index (χ1n) is 8.59. The number of nitrogens with two attached hydrogens (primary N) is 1. The third kappa shape index (κ3) is 4.14. The number of rotatable bonds is 5. The van der Waals surface area contributed by atoms with Gasteiger partial charge in [-0.15, -0.1) is 0 Å². The van der Waals surface area contributed by atoms with E-state index in [1.165, 1.54) is 0 Å². The predicted molar refractivity (Wildman–Crippen MR) is 105 cm³/mol. The van der Waals surface area contributed by atoms with E-state index in [1.807, 2.05) is 38.1 Å². The van der Waals surface area contributed by atoms with Gasteiger partial charge >= 0.3 is 6.03 Å². The second-order valence-electron chi connectivity index (χ2n) is 6.13. The Bertz CT molecular complexity index is 994. The van der Waals surface area contributed by atoms with Crippen LogP contribution in [0, 0.1) is 6.92 Å². The molecule has 0 unspecified atom stereocenters. The SMILES string of the molecule is CCc1c(C(=O)Nc2cccc(NC(N)=O)c2)cnn1-c1cccc(C)c1. The molecule has 3 aromatic rings.